The molecule has 6 heteroatoms. The van der Waals surface area contributed by atoms with Crippen LogP contribution in [0.5, 0.6) is 0 Å². The van der Waals surface area contributed by atoms with Crippen LogP contribution >= 0.6 is 0 Å². The Hall–Kier alpha value is 2.32. The van der Waals surface area contributed by atoms with Crippen LogP contribution < -0.4 is 0 Å². The zero-order chi connectivity index (χ0) is 26.5. The Morgan fingerprint density at radius 1 is 0.394 bits per heavy atom. The fourth-order valence-electron chi connectivity index (χ4n) is 0.643. The minimum Gasteiger partial charge on any atom is -0.542 e. The molecule has 0 unspecified atom stereocenters. The Bertz CT molecular complexity index is 173. The van der Waals surface area contributed by atoms with E-state index in [1.54, 1.807) is 12.6 Å². The van der Waals surface area contributed by atoms with Gasteiger partial charge in [0.25, 0.3) is 0 Å². The maximum atomic E-state index is 9.53. The summed E-state index contributed by atoms with van der Waals surface area (Å²) in [5.74, 6) is 0. The summed E-state index contributed by atoms with van der Waals surface area (Å²) in [6.07, 6.45) is 12.2. The molecule has 0 atom stereocenters. The summed E-state index contributed by atoms with van der Waals surface area (Å²) in [6, 6.07) is 0. The molecule has 0 saturated heterocycles. The summed E-state index contributed by atoms with van der Waals surface area (Å²) >= 11 is 0. The molecule has 0 amide bonds. The number of unbranched alkanes of at least 4 members (excludes halogenated alkanes) is 6. The van der Waals surface area contributed by atoms with Gasteiger partial charge in [-0.05, 0) is 0 Å². The molecular formula is C27H60O3Y3-6. The van der Waals surface area contributed by atoms with E-state index in [-0.39, 0.29) is 98.1 Å². The number of hydrogen-bond donors (Lipinski definition) is 0. The molecule has 33 heavy (non-hydrogen) atoms. The second-order valence-corrected chi connectivity index (χ2v) is 3.30. The third kappa shape index (κ3) is 280. The number of carbonyl (C=O) groups excluding carboxylic acids is 3. The van der Waals surface area contributed by atoms with Gasteiger partial charge in [-0.25, -0.2) is 6.42 Å². The monoisotopic (exact) mass is 699 g/mol. The van der Waals surface area contributed by atoms with Gasteiger partial charge in [-0.3, -0.25) is 18.9 Å². The second-order valence-electron chi connectivity index (χ2n) is 3.30. The molecule has 201 valence electrons. The van der Waals surface area contributed by atoms with Gasteiger partial charge in [0.1, 0.15) is 0 Å². The number of rotatable bonds is 9. The van der Waals surface area contributed by atoms with Gasteiger partial charge in [-0.2, -0.15) is 32.1 Å². The minimum absolute atomic E-state index is 0. The van der Waals surface area contributed by atoms with Crippen molar-refractivity contribution in [3.05, 3.63) is 20.8 Å². The van der Waals surface area contributed by atoms with Crippen molar-refractivity contribution >= 4 is 18.9 Å². The van der Waals surface area contributed by atoms with E-state index in [9.17, 15) is 14.4 Å². The quantitative estimate of drug-likeness (QED) is 0.178. The van der Waals surface area contributed by atoms with Crippen LogP contribution in [0, 0.1) is 20.8 Å². The van der Waals surface area contributed by atoms with Gasteiger partial charge in [0.15, 0.2) is 0 Å². The van der Waals surface area contributed by atoms with E-state index in [1.165, 1.54) is 0 Å². The van der Waals surface area contributed by atoms with Gasteiger partial charge in [-0.15, -0.1) is 6.42 Å². The fourth-order valence-corrected chi connectivity index (χ4v) is 0.643. The topological polar surface area (TPSA) is 51.2 Å². The van der Waals surface area contributed by atoms with Crippen LogP contribution in [0.1, 0.15) is 141 Å². The largest absolute Gasteiger partial charge is 0.542 e. The van der Waals surface area contributed by atoms with E-state index in [0.29, 0.717) is 25.7 Å². The summed E-state index contributed by atoms with van der Waals surface area (Å²) < 4.78 is 0. The molecule has 0 aromatic heterocycles. The summed E-state index contributed by atoms with van der Waals surface area (Å²) in [7, 11) is 0. The van der Waals surface area contributed by atoms with Crippen LogP contribution in [-0.2, 0) is 113 Å². The molecule has 0 aromatic rings. The molecule has 0 heterocycles. The molecule has 0 aromatic carbocycles. The molecule has 3 radical (unpaired) electrons. The molecule has 0 rings (SSSR count). The molecule has 0 saturated carbocycles. The van der Waals surface area contributed by atoms with Gasteiger partial charge in [0.2, 0.25) is 0 Å². The van der Waals surface area contributed by atoms with Crippen molar-refractivity contribution in [3.63, 3.8) is 0 Å². The molecule has 0 N–H and O–H groups in total. The van der Waals surface area contributed by atoms with E-state index in [0.717, 1.165) is 32.1 Å². The van der Waals surface area contributed by atoms with Gasteiger partial charge in [-0.1, -0.05) is 95.9 Å². The molecule has 0 spiro atoms. The van der Waals surface area contributed by atoms with Crippen LogP contribution in [0.2, 0.25) is 0 Å². The van der Waals surface area contributed by atoms with E-state index in [2.05, 4.69) is 20.8 Å². The standard InChI is InChI=1S/C6H10O.C5H8O.C4H6O.6C2H6.3Y/c1-2-3-4-5-6-7;1-2-3-4-5-6;1-2-3-4-5;6*1-2;;;/h1-5H2;1-4H2;1-3H2;6*1-2H3;;;/q3*-2;;;;;;;;;. The van der Waals surface area contributed by atoms with Crippen LogP contribution in [-0.4, -0.2) is 18.9 Å². The molecule has 0 aliphatic rings. The molecule has 0 aliphatic heterocycles. The van der Waals surface area contributed by atoms with Crippen LogP contribution in [0.25, 0.3) is 0 Å². The SMILES string of the molecule is CC.CC.CC.CC.CC.CC.[CH2-]CCCC[C-]=O.[CH2-]CCC[C-]=O.[CH2-]CC[C-]=O.[Y].[Y].[Y]. The Balaban J connectivity index is -0.0000000158. The van der Waals surface area contributed by atoms with E-state index in [4.69, 9.17) is 0 Å². The second kappa shape index (κ2) is 186. The fraction of sp³-hybridized carbons (Fsp3) is 0.778. The average molecular weight is 699 g/mol. The molecule has 3 nitrogen and oxygen atoms in total. The maximum absolute atomic E-state index is 9.53. The van der Waals surface area contributed by atoms with Crippen molar-refractivity contribution in [2.45, 2.75) is 141 Å². The Morgan fingerprint density at radius 3 is 0.758 bits per heavy atom. The zero-order valence-corrected chi connectivity index (χ0v) is 33.5. The third-order valence-corrected chi connectivity index (χ3v) is 1.59. The van der Waals surface area contributed by atoms with Crippen molar-refractivity contribution < 1.29 is 113 Å². The maximum Gasteiger partial charge on any atom is 0 e. The molecule has 0 fully saturated rings. The first-order valence-electron chi connectivity index (χ1n) is 12.2. The molecule has 0 aliphatic carbocycles. The van der Waals surface area contributed by atoms with E-state index < -0.39 is 0 Å². The predicted molar refractivity (Wildman–Crippen MR) is 143 cm³/mol. The normalized spacial score (nSPS) is 5.55. The van der Waals surface area contributed by atoms with Crippen LogP contribution in [0.15, 0.2) is 0 Å². The summed E-state index contributed by atoms with van der Waals surface area (Å²) in [5, 5.41) is 0. The van der Waals surface area contributed by atoms with Crippen LogP contribution in [0.3, 0.4) is 0 Å². The minimum atomic E-state index is 0. The van der Waals surface area contributed by atoms with Gasteiger partial charge in [0, 0.05) is 98.1 Å². The summed E-state index contributed by atoms with van der Waals surface area (Å²) in [6.45, 7) is 34.6. The number of hydrogen-bond acceptors (Lipinski definition) is 3. The molecular weight excluding hydrogens is 639 g/mol. The Labute approximate surface area is 289 Å². The Morgan fingerprint density at radius 2 is 0.636 bits per heavy atom. The van der Waals surface area contributed by atoms with Crippen LogP contribution in [0.4, 0.5) is 0 Å². The van der Waals surface area contributed by atoms with E-state index >= 15 is 0 Å². The molecule has 0 bridgehead atoms. The summed E-state index contributed by atoms with van der Waals surface area (Å²) in [5.41, 5.74) is 0. The van der Waals surface area contributed by atoms with Gasteiger partial charge < -0.3 is 35.2 Å². The van der Waals surface area contributed by atoms with E-state index in [1.807, 2.05) is 89.4 Å². The predicted octanol–water partition coefficient (Wildman–Crippen LogP) is 9.45. The average Bonchev–Trinajstić information content (AvgIpc) is 2.87. The summed E-state index contributed by atoms with van der Waals surface area (Å²) in [4.78, 5) is 28.2. The van der Waals surface area contributed by atoms with Crippen molar-refractivity contribution in [2.24, 2.45) is 0 Å². The van der Waals surface area contributed by atoms with Crippen molar-refractivity contribution in [3.8, 4) is 0 Å². The Kier molecular flexibility index (Phi) is 431. The van der Waals surface area contributed by atoms with Gasteiger partial charge in [0.05, 0.1) is 0 Å². The van der Waals surface area contributed by atoms with Crippen molar-refractivity contribution in [2.75, 3.05) is 0 Å². The third-order valence-electron chi connectivity index (χ3n) is 1.59. The first kappa shape index (κ1) is 76.5. The van der Waals surface area contributed by atoms with Crippen molar-refractivity contribution in [1.29, 1.82) is 0 Å². The van der Waals surface area contributed by atoms with Gasteiger partial charge >= 0.3 is 0 Å². The first-order chi connectivity index (χ1) is 14.7. The van der Waals surface area contributed by atoms with Crippen molar-refractivity contribution in [1.82, 2.24) is 0 Å². The first-order valence-corrected chi connectivity index (χ1v) is 12.2. The zero-order valence-electron chi connectivity index (χ0n) is 24.9. The smallest absolute Gasteiger partial charge is 0 e.